The molecule has 0 aliphatic heterocycles. The lowest BCUT2D eigenvalue weighted by atomic mass is 9.87. The van der Waals surface area contributed by atoms with E-state index in [-0.39, 0.29) is 5.41 Å². The first-order valence-electron chi connectivity index (χ1n) is 4.21. The SMILES string of the molecule is Cc1c(Cl)[c]c(C(C)(C)C)cc1Cl. The van der Waals surface area contributed by atoms with Crippen molar-refractivity contribution in [1.29, 1.82) is 0 Å². The van der Waals surface area contributed by atoms with Crippen LogP contribution in [0.3, 0.4) is 0 Å². The molecule has 0 N–H and O–H groups in total. The normalized spacial score (nSPS) is 11.8. The van der Waals surface area contributed by atoms with E-state index in [1.165, 1.54) is 0 Å². The highest BCUT2D eigenvalue weighted by atomic mass is 35.5. The van der Waals surface area contributed by atoms with Crippen LogP contribution in [0.25, 0.3) is 0 Å². The zero-order valence-electron chi connectivity index (χ0n) is 8.33. The van der Waals surface area contributed by atoms with E-state index in [1.54, 1.807) is 0 Å². The summed E-state index contributed by atoms with van der Waals surface area (Å²) >= 11 is 12.0. The number of benzene rings is 1. The van der Waals surface area contributed by atoms with Gasteiger partial charge in [-0.2, -0.15) is 0 Å². The van der Waals surface area contributed by atoms with Crippen molar-refractivity contribution in [3.8, 4) is 0 Å². The Balaban J connectivity index is 3.29. The molecule has 1 aromatic rings. The average molecular weight is 216 g/mol. The van der Waals surface area contributed by atoms with Crippen LogP contribution in [0, 0.1) is 13.0 Å². The fraction of sp³-hybridized carbons (Fsp3) is 0.455. The van der Waals surface area contributed by atoms with Crippen molar-refractivity contribution in [2.24, 2.45) is 0 Å². The number of rotatable bonds is 0. The predicted molar refractivity (Wildman–Crippen MR) is 58.7 cm³/mol. The molecule has 0 bridgehead atoms. The predicted octanol–water partition coefficient (Wildman–Crippen LogP) is 4.40. The zero-order valence-corrected chi connectivity index (χ0v) is 9.85. The quantitative estimate of drug-likeness (QED) is 0.602. The molecule has 1 radical (unpaired) electrons. The third-order valence-electron chi connectivity index (χ3n) is 2.01. The molecule has 0 nitrogen and oxygen atoms in total. The van der Waals surface area contributed by atoms with Gasteiger partial charge in [0.15, 0.2) is 0 Å². The van der Waals surface area contributed by atoms with E-state index in [9.17, 15) is 0 Å². The standard InChI is InChI=1S/C11H13Cl2/c1-7-9(12)5-8(6-10(7)13)11(2,3)4/h5H,1-4H3. The third kappa shape index (κ3) is 2.38. The molecule has 0 unspecified atom stereocenters. The molecule has 13 heavy (non-hydrogen) atoms. The van der Waals surface area contributed by atoms with E-state index >= 15 is 0 Å². The molecule has 0 atom stereocenters. The minimum atomic E-state index is 0.0426. The summed E-state index contributed by atoms with van der Waals surface area (Å²) in [6.45, 7) is 8.23. The lowest BCUT2D eigenvalue weighted by molar-refractivity contribution is 0.589. The number of hydrogen-bond acceptors (Lipinski definition) is 0. The van der Waals surface area contributed by atoms with Gasteiger partial charge in [0.1, 0.15) is 0 Å². The van der Waals surface area contributed by atoms with Crippen molar-refractivity contribution in [1.82, 2.24) is 0 Å². The third-order valence-corrected chi connectivity index (χ3v) is 2.78. The fourth-order valence-corrected chi connectivity index (χ4v) is 1.45. The van der Waals surface area contributed by atoms with Crippen molar-refractivity contribution < 1.29 is 0 Å². The molecular weight excluding hydrogens is 203 g/mol. The highest BCUT2D eigenvalue weighted by Crippen LogP contribution is 2.31. The van der Waals surface area contributed by atoms with Gasteiger partial charge in [-0.1, -0.05) is 44.0 Å². The Morgan fingerprint density at radius 3 is 2.15 bits per heavy atom. The van der Waals surface area contributed by atoms with Gasteiger partial charge in [0.25, 0.3) is 0 Å². The molecule has 1 aromatic carbocycles. The second-order valence-electron chi connectivity index (χ2n) is 4.22. The van der Waals surface area contributed by atoms with Gasteiger partial charge >= 0.3 is 0 Å². The van der Waals surface area contributed by atoms with E-state index < -0.39 is 0 Å². The van der Waals surface area contributed by atoms with E-state index in [2.05, 4.69) is 26.8 Å². The maximum absolute atomic E-state index is 6.02. The van der Waals surface area contributed by atoms with Gasteiger partial charge in [0.2, 0.25) is 0 Å². The van der Waals surface area contributed by atoms with E-state index in [0.29, 0.717) is 10.0 Å². The second kappa shape index (κ2) is 3.51. The minimum absolute atomic E-state index is 0.0426. The molecule has 0 spiro atoms. The number of hydrogen-bond donors (Lipinski definition) is 0. The van der Waals surface area contributed by atoms with Crippen molar-refractivity contribution >= 4 is 23.2 Å². The van der Waals surface area contributed by atoms with Crippen molar-refractivity contribution in [2.75, 3.05) is 0 Å². The van der Waals surface area contributed by atoms with Crippen molar-refractivity contribution in [3.63, 3.8) is 0 Å². The monoisotopic (exact) mass is 215 g/mol. The fourth-order valence-electron chi connectivity index (χ4n) is 0.992. The van der Waals surface area contributed by atoms with Gasteiger partial charge in [-0.15, -0.1) is 0 Å². The van der Waals surface area contributed by atoms with Crippen LogP contribution in [0.4, 0.5) is 0 Å². The smallest absolute Gasteiger partial charge is 0.0532 e. The van der Waals surface area contributed by atoms with Crippen LogP contribution < -0.4 is 0 Å². The minimum Gasteiger partial charge on any atom is -0.0840 e. The van der Waals surface area contributed by atoms with E-state index in [4.69, 9.17) is 23.2 Å². The molecule has 2 heteroatoms. The Kier molecular flexibility index (Phi) is 2.94. The van der Waals surface area contributed by atoms with Gasteiger partial charge in [-0.3, -0.25) is 0 Å². The molecule has 0 heterocycles. The maximum atomic E-state index is 6.02. The Morgan fingerprint density at radius 1 is 1.23 bits per heavy atom. The molecular formula is C11H13Cl2. The molecule has 0 amide bonds. The lowest BCUT2D eigenvalue weighted by Crippen LogP contribution is -2.11. The Morgan fingerprint density at radius 2 is 1.77 bits per heavy atom. The molecule has 0 aliphatic rings. The van der Waals surface area contributed by atoms with Crippen LogP contribution in [0.2, 0.25) is 10.0 Å². The summed E-state index contributed by atoms with van der Waals surface area (Å²) in [4.78, 5) is 0. The number of halogens is 2. The van der Waals surface area contributed by atoms with Gasteiger partial charge in [-0.05, 0) is 29.5 Å². The second-order valence-corrected chi connectivity index (χ2v) is 5.01. The van der Waals surface area contributed by atoms with Gasteiger partial charge in [-0.25, -0.2) is 0 Å². The molecule has 0 saturated carbocycles. The van der Waals surface area contributed by atoms with Gasteiger partial charge < -0.3 is 0 Å². The van der Waals surface area contributed by atoms with Gasteiger partial charge in [0, 0.05) is 11.1 Å². The molecule has 0 fully saturated rings. The summed E-state index contributed by atoms with van der Waals surface area (Å²) in [5.74, 6) is 0. The van der Waals surface area contributed by atoms with Crippen LogP contribution in [-0.2, 0) is 5.41 Å². The Hall–Kier alpha value is -0.200. The molecule has 0 saturated heterocycles. The van der Waals surface area contributed by atoms with Crippen molar-refractivity contribution in [2.45, 2.75) is 33.1 Å². The van der Waals surface area contributed by atoms with Crippen molar-refractivity contribution in [3.05, 3.63) is 33.3 Å². The summed E-state index contributed by atoms with van der Waals surface area (Å²) in [6, 6.07) is 5.07. The lowest BCUT2D eigenvalue weighted by Gasteiger charge is -2.19. The molecule has 0 aliphatic carbocycles. The first-order valence-corrected chi connectivity index (χ1v) is 4.96. The van der Waals surface area contributed by atoms with Crippen LogP contribution in [-0.4, -0.2) is 0 Å². The summed E-state index contributed by atoms with van der Waals surface area (Å²) in [5.41, 5.74) is 1.99. The Bertz CT molecular complexity index is 298. The first kappa shape index (κ1) is 10.9. The maximum Gasteiger partial charge on any atom is 0.0532 e. The van der Waals surface area contributed by atoms with Crippen LogP contribution in [0.5, 0.6) is 0 Å². The molecule has 0 aromatic heterocycles. The van der Waals surface area contributed by atoms with Gasteiger partial charge in [0.05, 0.1) is 5.02 Å². The molecule has 71 valence electrons. The highest BCUT2D eigenvalue weighted by Gasteiger charge is 2.16. The average Bonchev–Trinajstić information content (AvgIpc) is 1.97. The zero-order chi connectivity index (χ0) is 10.2. The topological polar surface area (TPSA) is 0 Å². The van der Waals surface area contributed by atoms with Crippen LogP contribution in [0.15, 0.2) is 6.07 Å². The summed E-state index contributed by atoms with van der Waals surface area (Å²) < 4.78 is 0. The van der Waals surface area contributed by atoms with E-state index in [0.717, 1.165) is 11.1 Å². The Labute approximate surface area is 89.9 Å². The molecule has 1 rings (SSSR count). The van der Waals surface area contributed by atoms with Crippen LogP contribution in [0.1, 0.15) is 31.9 Å². The highest BCUT2D eigenvalue weighted by molar-refractivity contribution is 6.35. The van der Waals surface area contributed by atoms with Crippen LogP contribution >= 0.6 is 23.2 Å². The largest absolute Gasteiger partial charge is 0.0840 e. The summed E-state index contributed by atoms with van der Waals surface area (Å²) in [7, 11) is 0. The summed E-state index contributed by atoms with van der Waals surface area (Å²) in [5, 5.41) is 1.34. The summed E-state index contributed by atoms with van der Waals surface area (Å²) in [6.07, 6.45) is 0. The van der Waals surface area contributed by atoms with E-state index in [1.807, 2.05) is 13.0 Å². The first-order chi connectivity index (χ1) is 5.82.